The summed E-state index contributed by atoms with van der Waals surface area (Å²) < 4.78 is 11.3. The maximum Gasteiger partial charge on any atom is 0.322 e. The number of methoxy groups -OCH3 is 1. The lowest BCUT2D eigenvalue weighted by atomic mass is 10.1. The lowest BCUT2D eigenvalue weighted by Gasteiger charge is -2.14. The Hall–Kier alpha value is -1.07. The van der Waals surface area contributed by atoms with Gasteiger partial charge in [0.1, 0.15) is 11.8 Å². The highest BCUT2D eigenvalue weighted by Crippen LogP contribution is 2.32. The largest absolute Gasteiger partial charge is 0.493 e. The second-order valence-electron chi connectivity index (χ2n) is 4.28. The summed E-state index contributed by atoms with van der Waals surface area (Å²) in [6, 6.07) is 3.77. The van der Waals surface area contributed by atoms with Gasteiger partial charge in [-0.2, -0.15) is 0 Å². The zero-order valence-electron chi connectivity index (χ0n) is 10.5. The predicted octanol–water partition coefficient (Wildman–Crippen LogP) is 2.04. The Balaban J connectivity index is 2.08. The molecule has 4 nitrogen and oxygen atoms in total. The van der Waals surface area contributed by atoms with Gasteiger partial charge in [0.25, 0.3) is 0 Å². The average Bonchev–Trinajstić information content (AvgIpc) is 2.82. The summed E-state index contributed by atoms with van der Waals surface area (Å²) in [6.07, 6.45) is 0.939. The van der Waals surface area contributed by atoms with E-state index in [1.54, 1.807) is 6.92 Å². The van der Waals surface area contributed by atoms with Gasteiger partial charge in [0.15, 0.2) is 0 Å². The van der Waals surface area contributed by atoms with Gasteiger partial charge in [-0.1, -0.05) is 15.9 Å². The van der Waals surface area contributed by atoms with Crippen LogP contribution in [0.4, 0.5) is 0 Å². The molecule has 98 valence electrons. The summed E-state index contributed by atoms with van der Waals surface area (Å²) in [5.41, 5.74) is 2.28. The van der Waals surface area contributed by atoms with Crippen LogP contribution in [-0.4, -0.2) is 25.7 Å². The van der Waals surface area contributed by atoms with Crippen molar-refractivity contribution in [1.29, 1.82) is 0 Å². The maximum absolute atomic E-state index is 11.3. The molecule has 0 aliphatic carbocycles. The van der Waals surface area contributed by atoms with Crippen LogP contribution in [0.5, 0.6) is 5.75 Å². The fraction of sp³-hybridized carbons (Fsp3) is 0.462. The van der Waals surface area contributed by atoms with Gasteiger partial charge in [-0.3, -0.25) is 4.79 Å². The minimum atomic E-state index is -0.328. The van der Waals surface area contributed by atoms with Crippen LogP contribution < -0.4 is 10.1 Å². The second kappa shape index (κ2) is 5.71. The summed E-state index contributed by atoms with van der Waals surface area (Å²) in [4.78, 5) is 11.3. The van der Waals surface area contributed by atoms with Crippen molar-refractivity contribution in [2.75, 3.05) is 13.7 Å². The topological polar surface area (TPSA) is 47.6 Å². The molecule has 1 aliphatic heterocycles. The average molecular weight is 314 g/mol. The lowest BCUT2D eigenvalue weighted by molar-refractivity contribution is -0.142. The summed E-state index contributed by atoms with van der Waals surface area (Å²) in [6.45, 7) is 3.09. The third-order valence-electron chi connectivity index (χ3n) is 2.98. The van der Waals surface area contributed by atoms with Crippen molar-refractivity contribution < 1.29 is 14.3 Å². The van der Waals surface area contributed by atoms with Crippen LogP contribution >= 0.6 is 15.9 Å². The van der Waals surface area contributed by atoms with E-state index in [0.29, 0.717) is 6.54 Å². The number of benzene rings is 1. The summed E-state index contributed by atoms with van der Waals surface area (Å²) in [7, 11) is 1.39. The lowest BCUT2D eigenvalue weighted by Crippen LogP contribution is -2.34. The molecule has 5 heteroatoms. The SMILES string of the molecule is COC(=O)C(C)NCc1cc(Br)cc2c1OCC2. The molecule has 2 rings (SSSR count). The van der Waals surface area contributed by atoms with Crippen LogP contribution in [0.3, 0.4) is 0 Å². The van der Waals surface area contributed by atoms with E-state index in [0.717, 1.165) is 28.8 Å². The Labute approximate surface area is 115 Å². The molecule has 1 unspecified atom stereocenters. The standard InChI is InChI=1S/C13H16BrNO3/c1-8(13(16)17-2)15-7-10-6-11(14)5-9-3-4-18-12(9)10/h5-6,8,15H,3-4,7H2,1-2H3. The zero-order valence-corrected chi connectivity index (χ0v) is 12.0. The van der Waals surface area contributed by atoms with Crippen molar-refractivity contribution in [3.63, 3.8) is 0 Å². The van der Waals surface area contributed by atoms with Crippen LogP contribution in [0.15, 0.2) is 16.6 Å². The maximum atomic E-state index is 11.3. The number of ether oxygens (including phenoxy) is 2. The minimum absolute atomic E-state index is 0.262. The van der Waals surface area contributed by atoms with Crippen LogP contribution in [0, 0.1) is 0 Å². The van der Waals surface area contributed by atoms with Gasteiger partial charge >= 0.3 is 5.97 Å². The summed E-state index contributed by atoms with van der Waals surface area (Å²) in [5.74, 6) is 0.685. The summed E-state index contributed by atoms with van der Waals surface area (Å²) >= 11 is 3.49. The smallest absolute Gasteiger partial charge is 0.322 e. The molecule has 0 saturated carbocycles. The van der Waals surface area contributed by atoms with E-state index in [-0.39, 0.29) is 12.0 Å². The normalized spacial score (nSPS) is 14.8. The van der Waals surface area contributed by atoms with E-state index in [9.17, 15) is 4.79 Å². The summed E-state index contributed by atoms with van der Waals surface area (Å²) in [5, 5.41) is 3.13. The van der Waals surface area contributed by atoms with Crippen molar-refractivity contribution in [1.82, 2.24) is 5.32 Å². The number of carbonyl (C=O) groups is 1. The monoisotopic (exact) mass is 313 g/mol. The second-order valence-corrected chi connectivity index (χ2v) is 5.19. The first-order valence-corrected chi connectivity index (χ1v) is 6.66. The van der Waals surface area contributed by atoms with Gasteiger partial charge in [0, 0.05) is 23.0 Å². The molecule has 1 aromatic rings. The van der Waals surface area contributed by atoms with E-state index in [4.69, 9.17) is 4.74 Å². The molecule has 1 aliphatic rings. The van der Waals surface area contributed by atoms with Crippen molar-refractivity contribution in [3.05, 3.63) is 27.7 Å². The third-order valence-corrected chi connectivity index (χ3v) is 3.44. The molecular formula is C13H16BrNO3. The van der Waals surface area contributed by atoms with Gasteiger partial charge in [0.2, 0.25) is 0 Å². The Kier molecular flexibility index (Phi) is 4.24. The Morgan fingerprint density at radius 3 is 3.11 bits per heavy atom. The first-order chi connectivity index (χ1) is 8.61. The number of nitrogens with one attached hydrogen (secondary N) is 1. The molecule has 0 aromatic heterocycles. The van der Waals surface area contributed by atoms with Gasteiger partial charge in [0.05, 0.1) is 13.7 Å². The molecule has 0 radical (unpaired) electrons. The molecule has 0 bridgehead atoms. The van der Waals surface area contributed by atoms with Gasteiger partial charge in [-0.15, -0.1) is 0 Å². The highest BCUT2D eigenvalue weighted by atomic mass is 79.9. The number of hydrogen-bond acceptors (Lipinski definition) is 4. The van der Waals surface area contributed by atoms with E-state index < -0.39 is 0 Å². The van der Waals surface area contributed by atoms with Crippen molar-refractivity contribution in [2.24, 2.45) is 0 Å². The van der Waals surface area contributed by atoms with E-state index in [2.05, 4.69) is 32.0 Å². The Morgan fingerprint density at radius 2 is 2.39 bits per heavy atom. The molecule has 18 heavy (non-hydrogen) atoms. The molecule has 0 saturated heterocycles. The molecule has 1 heterocycles. The molecule has 1 aromatic carbocycles. The molecule has 0 spiro atoms. The van der Waals surface area contributed by atoms with Crippen molar-refractivity contribution >= 4 is 21.9 Å². The van der Waals surface area contributed by atoms with Crippen molar-refractivity contribution in [2.45, 2.75) is 25.9 Å². The van der Waals surface area contributed by atoms with E-state index in [1.165, 1.54) is 12.7 Å². The molecule has 0 amide bonds. The predicted molar refractivity (Wildman–Crippen MR) is 71.7 cm³/mol. The number of fused-ring (bicyclic) bond motifs is 1. The number of halogens is 1. The fourth-order valence-electron chi connectivity index (χ4n) is 2.00. The highest BCUT2D eigenvalue weighted by molar-refractivity contribution is 9.10. The van der Waals surface area contributed by atoms with Gasteiger partial charge < -0.3 is 14.8 Å². The van der Waals surface area contributed by atoms with Crippen LogP contribution in [0.1, 0.15) is 18.1 Å². The van der Waals surface area contributed by atoms with E-state index in [1.807, 2.05) is 6.07 Å². The number of carbonyl (C=O) groups excluding carboxylic acids is 1. The molecule has 1 atom stereocenters. The fourth-order valence-corrected chi connectivity index (χ4v) is 2.55. The van der Waals surface area contributed by atoms with E-state index >= 15 is 0 Å². The molecule has 0 fully saturated rings. The van der Waals surface area contributed by atoms with Crippen LogP contribution in [-0.2, 0) is 22.5 Å². The van der Waals surface area contributed by atoms with Crippen LogP contribution in [0.25, 0.3) is 0 Å². The molecule has 1 N–H and O–H groups in total. The first kappa shape index (κ1) is 13.4. The van der Waals surface area contributed by atoms with Crippen molar-refractivity contribution in [3.8, 4) is 5.75 Å². The number of esters is 1. The Morgan fingerprint density at radius 1 is 1.61 bits per heavy atom. The van der Waals surface area contributed by atoms with Gasteiger partial charge in [-0.25, -0.2) is 0 Å². The Bertz CT molecular complexity index is 462. The highest BCUT2D eigenvalue weighted by Gasteiger charge is 2.19. The third kappa shape index (κ3) is 2.84. The number of rotatable bonds is 4. The quantitative estimate of drug-likeness (QED) is 0.864. The minimum Gasteiger partial charge on any atom is -0.493 e. The first-order valence-electron chi connectivity index (χ1n) is 5.87. The zero-order chi connectivity index (χ0) is 13.1. The van der Waals surface area contributed by atoms with Gasteiger partial charge in [-0.05, 0) is 24.6 Å². The number of hydrogen-bond donors (Lipinski definition) is 1. The molecular weight excluding hydrogens is 298 g/mol. The van der Waals surface area contributed by atoms with Crippen LogP contribution in [0.2, 0.25) is 0 Å².